The first-order valence-corrected chi connectivity index (χ1v) is 23.9. The molecule has 0 bridgehead atoms. The Bertz CT molecular complexity index is 3760. The number of fused-ring (bicyclic) bond motifs is 3. The summed E-state index contributed by atoms with van der Waals surface area (Å²) in [7, 11) is 0. The van der Waals surface area contributed by atoms with Crippen LogP contribution >= 0.6 is 0 Å². The summed E-state index contributed by atoms with van der Waals surface area (Å²) in [5.41, 5.74) is -2.50. The summed E-state index contributed by atoms with van der Waals surface area (Å²) in [5, 5.41) is 85.0. The summed E-state index contributed by atoms with van der Waals surface area (Å²) in [6.07, 6.45) is 9.01. The average Bonchev–Trinajstić information content (AvgIpc) is 4.23. The van der Waals surface area contributed by atoms with Crippen molar-refractivity contribution in [3.8, 4) is 68.3 Å². The Labute approximate surface area is 451 Å². The highest BCUT2D eigenvalue weighted by molar-refractivity contribution is 6.05. The first kappa shape index (κ1) is 53.0. The molecule has 0 saturated carbocycles. The van der Waals surface area contributed by atoms with E-state index >= 15 is 0 Å². The molecular weight excluding hydrogens is 1070 g/mol. The number of carbonyl (C=O) groups is 9. The second-order valence-corrected chi connectivity index (χ2v) is 18.2. The second-order valence-electron chi connectivity index (χ2n) is 18.2. The quantitative estimate of drug-likeness (QED) is 0.0215. The molecule has 3 amide bonds. The van der Waals surface area contributed by atoms with Gasteiger partial charge in [-0.2, -0.15) is 15.3 Å². The summed E-state index contributed by atoms with van der Waals surface area (Å²) < 4.78 is 24.0. The number of phenolic OH excluding ortho intramolecular Hbond substituents is 6. The number of ether oxygens (including phenoxy) is 3. The Balaban J connectivity index is 0.975. The number of amides is 3. The molecule has 1 fully saturated rings. The molecule has 414 valence electrons. The van der Waals surface area contributed by atoms with Crippen LogP contribution in [0.2, 0.25) is 0 Å². The summed E-state index contributed by atoms with van der Waals surface area (Å²) in [4.78, 5) is 123. The Morgan fingerprint density at radius 1 is 0.457 bits per heavy atom. The molecule has 81 heavy (non-hydrogen) atoms. The van der Waals surface area contributed by atoms with Gasteiger partial charge in [-0.15, -0.1) is 13.9 Å². The van der Waals surface area contributed by atoms with Gasteiger partial charge in [-0.1, -0.05) is 0 Å². The zero-order valence-corrected chi connectivity index (χ0v) is 42.1. The van der Waals surface area contributed by atoms with E-state index in [0.29, 0.717) is 0 Å². The maximum absolute atomic E-state index is 14.1. The van der Waals surface area contributed by atoms with E-state index in [0.717, 1.165) is 36.4 Å². The first-order chi connectivity index (χ1) is 38.6. The van der Waals surface area contributed by atoms with Crippen molar-refractivity contribution in [2.24, 2.45) is 0 Å². The van der Waals surface area contributed by atoms with E-state index in [-0.39, 0.29) is 50.9 Å². The highest BCUT2D eigenvalue weighted by Gasteiger charge is 2.36. The van der Waals surface area contributed by atoms with Crippen molar-refractivity contribution in [2.75, 3.05) is 19.8 Å². The highest BCUT2D eigenvalue weighted by atomic mass is 16.6. The largest absolute Gasteiger partial charge is 0.504 e. The predicted molar refractivity (Wildman–Crippen MR) is 262 cm³/mol. The zero-order chi connectivity index (χ0) is 57.9. The van der Waals surface area contributed by atoms with Gasteiger partial charge in [0.05, 0.1) is 33.8 Å². The zero-order valence-electron chi connectivity index (χ0n) is 42.1. The Morgan fingerprint density at radius 2 is 0.716 bits per heavy atom. The number of phenols is 6. The molecule has 0 spiro atoms. The van der Waals surface area contributed by atoms with E-state index in [9.17, 15) is 73.8 Å². The lowest BCUT2D eigenvalue weighted by Gasteiger charge is -2.25. The van der Waals surface area contributed by atoms with Gasteiger partial charge in [0.15, 0.2) is 88.6 Å². The van der Waals surface area contributed by atoms with Crippen LogP contribution in [0, 0.1) is 0 Å². The fourth-order valence-electron chi connectivity index (χ4n) is 8.93. The SMILES string of the molecule is CC(=O)c1c(-c2cc(O)c(O)c(C(=O)NC3COC(=O)C(NC(=O)c4cc(-c5[n-][n+]6cccn6c5C(C)=O)cc(O)c4O)COC(=O)C(NC(=O)c4cc(-c5[n-][n+]6cccn6c5C(C)=O)cc(O)c4O)COC3=O)c2)[n-][n+]2cccn12. The van der Waals surface area contributed by atoms with Crippen LogP contribution in [0.25, 0.3) is 33.8 Å². The molecule has 1 aliphatic heterocycles. The van der Waals surface area contributed by atoms with Crippen molar-refractivity contribution in [3.63, 3.8) is 0 Å². The number of carbonyl (C=O) groups excluding carboxylic acids is 9. The lowest BCUT2D eigenvalue weighted by molar-refractivity contribution is -0.676. The van der Waals surface area contributed by atoms with E-state index in [1.165, 1.54) is 85.4 Å². The van der Waals surface area contributed by atoms with Gasteiger partial charge in [0.25, 0.3) is 17.7 Å². The Morgan fingerprint density at radius 3 is 0.963 bits per heavy atom. The number of esters is 3. The maximum atomic E-state index is 14.1. The van der Waals surface area contributed by atoms with Gasteiger partial charge in [-0.25, -0.2) is 27.9 Å². The minimum atomic E-state index is -2.10. The molecule has 3 atom stereocenters. The third-order valence-electron chi connectivity index (χ3n) is 12.7. The summed E-state index contributed by atoms with van der Waals surface area (Å²) in [6.45, 7) is 0.260. The fourth-order valence-corrected chi connectivity index (χ4v) is 8.93. The Kier molecular flexibility index (Phi) is 13.4. The third-order valence-corrected chi connectivity index (χ3v) is 12.7. The van der Waals surface area contributed by atoms with Crippen LogP contribution in [-0.4, -0.2) is 135 Å². The molecule has 10 rings (SSSR count). The van der Waals surface area contributed by atoms with Crippen LogP contribution in [0.15, 0.2) is 91.8 Å². The van der Waals surface area contributed by atoms with E-state index in [2.05, 4.69) is 31.2 Å². The number of rotatable bonds is 12. The molecule has 30 heteroatoms. The molecule has 3 unspecified atom stereocenters. The van der Waals surface area contributed by atoms with Gasteiger partial charge < -0.3 is 60.8 Å². The standard InChI is InChI=1S/C51H42N12O18/c1-22(64)40-37(55-61-10-4-7-58(40)61)25-13-28(43(70)34(67)16-25)46(73)52-31-19-79-50(77)33(54-48(75)30-15-27(18-36(69)45(30)72)39-42(24(3)66)60-9-6-12-63(60)57-39)21-81-51(78)32(20-80-49(31)76)53-47(74)29-14-26(17-35(68)44(29)71)38-41(23(2)65)59-8-5-11-62(59)56-38/h4-18,31-33,67-72H,19-21H2,1-3H3,(H,52,73)(H,53,74)(H,54,75). The normalized spacial score (nSPS) is 16.0. The third kappa shape index (κ3) is 9.63. The minimum Gasteiger partial charge on any atom is -0.504 e. The lowest BCUT2D eigenvalue weighted by atomic mass is 10.0. The molecule has 0 aliphatic carbocycles. The van der Waals surface area contributed by atoms with E-state index in [1.54, 1.807) is 18.2 Å². The highest BCUT2D eigenvalue weighted by Crippen LogP contribution is 2.38. The van der Waals surface area contributed by atoms with Crippen LogP contribution in [0.5, 0.6) is 34.5 Å². The molecule has 30 nitrogen and oxygen atoms in total. The topological polar surface area (TPSA) is 407 Å². The van der Waals surface area contributed by atoms with Crippen LogP contribution in [0.3, 0.4) is 0 Å². The van der Waals surface area contributed by atoms with Crippen molar-refractivity contribution < 1.29 is 102 Å². The van der Waals surface area contributed by atoms with Crippen LogP contribution in [0.4, 0.5) is 0 Å². The van der Waals surface area contributed by atoms with Crippen molar-refractivity contribution >= 4 is 53.0 Å². The number of cyclic esters (lactones) is 3. The number of ketones is 3. The van der Waals surface area contributed by atoms with Gasteiger partial charge in [-0.05, 0) is 92.5 Å². The van der Waals surface area contributed by atoms with E-state index in [4.69, 9.17) is 14.2 Å². The Hall–Kier alpha value is -11.5. The first-order valence-electron chi connectivity index (χ1n) is 23.9. The number of benzene rings is 3. The summed E-state index contributed by atoms with van der Waals surface area (Å²) >= 11 is 0. The molecule has 1 aliphatic rings. The van der Waals surface area contributed by atoms with Gasteiger partial charge in [0.2, 0.25) is 0 Å². The number of aromatic hydroxyl groups is 6. The molecule has 0 radical (unpaired) electrons. The van der Waals surface area contributed by atoms with Crippen molar-refractivity contribution in [2.45, 2.75) is 38.9 Å². The maximum Gasteiger partial charge on any atom is 0.332 e. The molecule has 3 aromatic carbocycles. The number of hydrogen-bond acceptors (Lipinski definition) is 18. The molecular formula is C51H42N12O18. The molecule has 7 heterocycles. The predicted octanol–water partition coefficient (Wildman–Crippen LogP) is -1.75. The van der Waals surface area contributed by atoms with E-state index in [1.807, 2.05) is 0 Å². The van der Waals surface area contributed by atoms with Gasteiger partial charge >= 0.3 is 17.9 Å². The second kappa shape index (κ2) is 20.5. The van der Waals surface area contributed by atoms with Crippen molar-refractivity contribution in [1.29, 1.82) is 0 Å². The van der Waals surface area contributed by atoms with Crippen molar-refractivity contribution in [1.82, 2.24) is 44.8 Å². The van der Waals surface area contributed by atoms with E-state index < -0.39 is 142 Å². The number of hydrogen-bond donors (Lipinski definition) is 9. The number of aromatic nitrogens is 9. The summed E-state index contributed by atoms with van der Waals surface area (Å²) in [6, 6.07) is 4.53. The number of nitrogens with one attached hydrogen (secondary N) is 3. The van der Waals surface area contributed by atoms with Gasteiger partial charge in [0.1, 0.15) is 19.8 Å². The van der Waals surface area contributed by atoms with Crippen LogP contribution in [-0.2, 0) is 28.6 Å². The number of Topliss-reactive ketones (excluding diaryl/α,β-unsaturated/α-hetero) is 3. The van der Waals surface area contributed by atoms with Gasteiger partial charge in [0, 0.05) is 35.3 Å². The van der Waals surface area contributed by atoms with Crippen LogP contribution < -0.4 is 45.1 Å². The molecule has 9 aromatic rings. The van der Waals surface area contributed by atoms with Crippen LogP contribution in [0.1, 0.15) is 83.3 Å². The monoisotopic (exact) mass is 1110 g/mol. The van der Waals surface area contributed by atoms with Crippen molar-refractivity contribution in [3.05, 3.63) is 126 Å². The van der Waals surface area contributed by atoms with Gasteiger partial charge in [-0.3, -0.25) is 28.8 Å². The molecule has 6 aromatic heterocycles. The smallest absolute Gasteiger partial charge is 0.332 e. The molecule has 1 saturated heterocycles. The average molecular weight is 1110 g/mol. The summed E-state index contributed by atoms with van der Waals surface area (Å²) in [5.74, 6) is -15.6. The number of nitrogens with zero attached hydrogens (tertiary/aromatic N) is 9. The lowest BCUT2D eigenvalue weighted by Crippen LogP contribution is -2.52. The minimum absolute atomic E-state index is 0.00466. The fraction of sp³-hybridized carbons (Fsp3) is 0.176. The molecule has 9 N–H and O–H groups in total.